The topological polar surface area (TPSA) is 18.5 Å². The van der Waals surface area contributed by atoms with Gasteiger partial charge in [-0.15, -0.1) is 0 Å². The summed E-state index contributed by atoms with van der Waals surface area (Å²) in [4.78, 5) is 0. The van der Waals surface area contributed by atoms with E-state index in [1.807, 2.05) is 6.07 Å². The van der Waals surface area contributed by atoms with E-state index in [9.17, 15) is 0 Å². The molecule has 0 spiro atoms. The summed E-state index contributed by atoms with van der Waals surface area (Å²) in [7, 11) is 0. The SMILES string of the molecule is c1cc2c3c(c1)OCCOC3CC2. The van der Waals surface area contributed by atoms with E-state index < -0.39 is 0 Å². The van der Waals surface area contributed by atoms with Crippen LogP contribution in [0.4, 0.5) is 0 Å². The van der Waals surface area contributed by atoms with Crippen molar-refractivity contribution in [1.82, 2.24) is 0 Å². The molecule has 1 aromatic rings. The smallest absolute Gasteiger partial charge is 0.125 e. The molecule has 0 bridgehead atoms. The molecule has 1 unspecified atom stereocenters. The average molecular weight is 176 g/mol. The minimum absolute atomic E-state index is 0.300. The number of ether oxygens (including phenoxy) is 2. The first-order chi connectivity index (χ1) is 6.45. The monoisotopic (exact) mass is 176 g/mol. The quantitative estimate of drug-likeness (QED) is 0.602. The Morgan fingerprint density at radius 1 is 1.23 bits per heavy atom. The summed E-state index contributed by atoms with van der Waals surface area (Å²) < 4.78 is 11.3. The molecule has 3 rings (SSSR count). The second kappa shape index (κ2) is 2.74. The number of hydrogen-bond acceptors (Lipinski definition) is 2. The van der Waals surface area contributed by atoms with Crippen molar-refractivity contribution in [3.05, 3.63) is 29.3 Å². The second-order valence-corrected chi connectivity index (χ2v) is 3.58. The van der Waals surface area contributed by atoms with Crippen LogP contribution in [0.25, 0.3) is 0 Å². The minimum Gasteiger partial charge on any atom is -0.491 e. The van der Waals surface area contributed by atoms with E-state index in [1.165, 1.54) is 11.1 Å². The predicted molar refractivity (Wildman–Crippen MR) is 49.0 cm³/mol. The molecular weight excluding hydrogens is 164 g/mol. The Hall–Kier alpha value is -1.02. The number of benzene rings is 1. The van der Waals surface area contributed by atoms with E-state index >= 15 is 0 Å². The zero-order valence-electron chi connectivity index (χ0n) is 7.45. The van der Waals surface area contributed by atoms with Gasteiger partial charge in [-0.05, 0) is 24.5 Å². The van der Waals surface area contributed by atoms with Crippen LogP contribution in [0.3, 0.4) is 0 Å². The van der Waals surface area contributed by atoms with Gasteiger partial charge in [-0.1, -0.05) is 12.1 Å². The molecule has 0 amide bonds. The Labute approximate surface area is 77.5 Å². The average Bonchev–Trinajstić information content (AvgIpc) is 2.44. The molecule has 1 aromatic carbocycles. The summed E-state index contributed by atoms with van der Waals surface area (Å²) in [6.07, 6.45) is 2.56. The lowest BCUT2D eigenvalue weighted by atomic mass is 10.1. The number of hydrogen-bond donors (Lipinski definition) is 0. The zero-order valence-corrected chi connectivity index (χ0v) is 7.45. The van der Waals surface area contributed by atoms with Gasteiger partial charge in [0.2, 0.25) is 0 Å². The lowest BCUT2D eigenvalue weighted by molar-refractivity contribution is 0.0485. The summed E-state index contributed by atoms with van der Waals surface area (Å²) >= 11 is 0. The Morgan fingerprint density at radius 3 is 3.23 bits per heavy atom. The molecule has 0 N–H and O–H groups in total. The summed E-state index contributed by atoms with van der Waals surface area (Å²) in [5.41, 5.74) is 2.71. The molecule has 1 atom stereocenters. The summed E-state index contributed by atoms with van der Waals surface area (Å²) in [6, 6.07) is 6.30. The molecular formula is C11H12O2. The van der Waals surface area contributed by atoms with E-state index in [0.29, 0.717) is 12.7 Å². The van der Waals surface area contributed by atoms with Crippen LogP contribution < -0.4 is 4.74 Å². The molecule has 0 saturated carbocycles. The Bertz CT molecular complexity index is 333. The van der Waals surface area contributed by atoms with Crippen LogP contribution in [0.2, 0.25) is 0 Å². The highest BCUT2D eigenvalue weighted by molar-refractivity contribution is 5.45. The highest BCUT2D eigenvalue weighted by atomic mass is 16.5. The molecule has 2 heteroatoms. The van der Waals surface area contributed by atoms with Gasteiger partial charge in [-0.2, -0.15) is 0 Å². The molecule has 1 heterocycles. The number of aryl methyl sites for hydroxylation is 1. The van der Waals surface area contributed by atoms with E-state index in [1.54, 1.807) is 0 Å². The van der Waals surface area contributed by atoms with Crippen LogP contribution in [0, 0.1) is 0 Å². The maximum atomic E-state index is 5.71. The summed E-state index contributed by atoms with van der Waals surface area (Å²) in [5.74, 6) is 1.04. The predicted octanol–water partition coefficient (Wildman–Crippen LogP) is 2.08. The van der Waals surface area contributed by atoms with E-state index in [2.05, 4.69) is 12.1 Å². The molecule has 2 nitrogen and oxygen atoms in total. The van der Waals surface area contributed by atoms with Gasteiger partial charge in [0.15, 0.2) is 0 Å². The van der Waals surface area contributed by atoms with Gasteiger partial charge in [0.1, 0.15) is 12.4 Å². The van der Waals surface area contributed by atoms with E-state index in [0.717, 1.165) is 25.2 Å². The van der Waals surface area contributed by atoms with Crippen molar-refractivity contribution in [2.24, 2.45) is 0 Å². The lowest BCUT2D eigenvalue weighted by Crippen LogP contribution is -2.03. The third-order valence-corrected chi connectivity index (χ3v) is 2.81. The van der Waals surface area contributed by atoms with E-state index in [4.69, 9.17) is 9.47 Å². The van der Waals surface area contributed by atoms with Crippen LogP contribution in [0.1, 0.15) is 23.7 Å². The van der Waals surface area contributed by atoms with Crippen LogP contribution >= 0.6 is 0 Å². The normalized spacial score (nSPS) is 24.8. The van der Waals surface area contributed by atoms with Crippen molar-refractivity contribution in [2.45, 2.75) is 18.9 Å². The first kappa shape index (κ1) is 7.39. The van der Waals surface area contributed by atoms with Crippen molar-refractivity contribution in [1.29, 1.82) is 0 Å². The Morgan fingerprint density at radius 2 is 2.23 bits per heavy atom. The highest BCUT2D eigenvalue weighted by Crippen LogP contribution is 2.41. The van der Waals surface area contributed by atoms with Gasteiger partial charge >= 0.3 is 0 Å². The van der Waals surface area contributed by atoms with Gasteiger partial charge in [0.25, 0.3) is 0 Å². The van der Waals surface area contributed by atoms with Gasteiger partial charge < -0.3 is 9.47 Å². The number of rotatable bonds is 0. The fourth-order valence-corrected chi connectivity index (χ4v) is 2.24. The second-order valence-electron chi connectivity index (χ2n) is 3.58. The molecule has 2 aliphatic rings. The van der Waals surface area contributed by atoms with Gasteiger partial charge in [0, 0.05) is 5.56 Å². The molecule has 1 aliphatic carbocycles. The first-order valence-electron chi connectivity index (χ1n) is 4.81. The highest BCUT2D eigenvalue weighted by Gasteiger charge is 2.28. The maximum absolute atomic E-state index is 5.71. The molecule has 0 fully saturated rings. The Balaban J connectivity index is 2.16. The molecule has 1 aliphatic heterocycles. The largest absolute Gasteiger partial charge is 0.491 e. The van der Waals surface area contributed by atoms with Crippen LogP contribution in [0.15, 0.2) is 18.2 Å². The van der Waals surface area contributed by atoms with Crippen molar-refractivity contribution in [3.8, 4) is 5.75 Å². The molecule has 0 aromatic heterocycles. The van der Waals surface area contributed by atoms with Crippen molar-refractivity contribution in [2.75, 3.05) is 13.2 Å². The van der Waals surface area contributed by atoms with Gasteiger partial charge in [0.05, 0.1) is 12.7 Å². The Kier molecular flexibility index (Phi) is 1.56. The summed E-state index contributed by atoms with van der Waals surface area (Å²) in [6.45, 7) is 1.41. The fraction of sp³-hybridized carbons (Fsp3) is 0.455. The fourth-order valence-electron chi connectivity index (χ4n) is 2.24. The third-order valence-electron chi connectivity index (χ3n) is 2.81. The molecule has 0 saturated heterocycles. The zero-order chi connectivity index (χ0) is 8.67. The van der Waals surface area contributed by atoms with Crippen LogP contribution in [-0.4, -0.2) is 13.2 Å². The van der Waals surface area contributed by atoms with Crippen LogP contribution in [0.5, 0.6) is 5.75 Å². The third kappa shape index (κ3) is 1.05. The van der Waals surface area contributed by atoms with E-state index in [-0.39, 0.29) is 0 Å². The van der Waals surface area contributed by atoms with Gasteiger partial charge in [-0.25, -0.2) is 0 Å². The lowest BCUT2D eigenvalue weighted by Gasteiger charge is -2.09. The van der Waals surface area contributed by atoms with Crippen molar-refractivity contribution < 1.29 is 9.47 Å². The summed E-state index contributed by atoms with van der Waals surface area (Å²) in [5, 5.41) is 0. The van der Waals surface area contributed by atoms with Crippen LogP contribution in [-0.2, 0) is 11.2 Å². The standard InChI is InChI=1S/C11H12O2/c1-2-8-4-5-10-11(8)9(3-1)12-6-7-13-10/h1-3,10H,4-7H2. The molecule has 13 heavy (non-hydrogen) atoms. The minimum atomic E-state index is 0.300. The van der Waals surface area contributed by atoms with Crippen molar-refractivity contribution >= 4 is 0 Å². The molecule has 0 radical (unpaired) electrons. The van der Waals surface area contributed by atoms with Gasteiger partial charge in [-0.3, -0.25) is 0 Å². The van der Waals surface area contributed by atoms with Crippen molar-refractivity contribution in [3.63, 3.8) is 0 Å². The first-order valence-corrected chi connectivity index (χ1v) is 4.81. The maximum Gasteiger partial charge on any atom is 0.125 e. The molecule has 68 valence electrons.